The first-order chi connectivity index (χ1) is 30.8. The number of ether oxygens (including phenoxy) is 4. The molecule has 6 nitrogen and oxygen atoms in total. The van der Waals surface area contributed by atoms with Crippen molar-refractivity contribution >= 4 is 41.0 Å². The van der Waals surface area contributed by atoms with Crippen molar-refractivity contribution in [3.63, 3.8) is 0 Å². The summed E-state index contributed by atoms with van der Waals surface area (Å²) in [6, 6.07) is 2.89. The van der Waals surface area contributed by atoms with E-state index >= 15 is 0 Å². The Bertz CT molecular complexity index is 819. The van der Waals surface area contributed by atoms with E-state index in [1.165, 1.54) is 281 Å². The molecule has 0 aliphatic carbocycles. The van der Waals surface area contributed by atoms with Crippen LogP contribution in [-0.2, 0) is 18.9 Å². The Morgan fingerprint density at radius 1 is 0.403 bits per heavy atom. The second-order valence-corrected chi connectivity index (χ2v) is 26.2. The zero-order chi connectivity index (χ0) is 43.9. The fraction of sp³-hybridized carbons (Fsp3) is 1.00. The summed E-state index contributed by atoms with van der Waals surface area (Å²) in [5.74, 6) is 2.59. The van der Waals surface area contributed by atoms with Gasteiger partial charge in [0.05, 0.1) is 31.6 Å². The Morgan fingerprint density at radius 3 is 1.06 bits per heavy atom. The summed E-state index contributed by atoms with van der Waals surface area (Å²) >= 11 is 0. The topological polar surface area (TPSA) is 43.4 Å². The van der Waals surface area contributed by atoms with Crippen LogP contribution < -0.4 is 0 Å². The minimum atomic E-state index is -0.0796. The molecule has 0 aromatic carbocycles. The maximum atomic E-state index is 6.23. The van der Waals surface area contributed by atoms with Gasteiger partial charge >= 0.3 is 0 Å². The minimum absolute atomic E-state index is 0.0796. The van der Waals surface area contributed by atoms with E-state index in [-0.39, 0.29) is 19.4 Å². The number of rotatable bonds is 45. The van der Waals surface area contributed by atoms with E-state index in [1.54, 1.807) is 0 Å². The summed E-state index contributed by atoms with van der Waals surface area (Å²) in [7, 11) is 4.09. The lowest BCUT2D eigenvalue weighted by Gasteiger charge is -2.28. The van der Waals surface area contributed by atoms with Gasteiger partial charge in [-0.1, -0.05) is 215 Å². The van der Waals surface area contributed by atoms with E-state index in [0.29, 0.717) is 25.8 Å². The van der Waals surface area contributed by atoms with Crippen LogP contribution in [0.4, 0.5) is 0 Å². The Balaban J connectivity index is 1.33. The van der Waals surface area contributed by atoms with Crippen molar-refractivity contribution in [2.45, 2.75) is 269 Å². The second-order valence-electron chi connectivity index (χ2n) is 19.4. The monoisotopic (exact) mass is 945 g/mol. The molecule has 2 aliphatic heterocycles. The minimum Gasteiger partial charge on any atom is -0.355 e. The lowest BCUT2D eigenvalue weighted by atomic mass is 10.0. The van der Waals surface area contributed by atoms with Crippen molar-refractivity contribution in [1.82, 2.24) is 9.13 Å². The summed E-state index contributed by atoms with van der Waals surface area (Å²) < 4.78 is 30.0. The van der Waals surface area contributed by atoms with E-state index < -0.39 is 0 Å². The molecule has 0 aromatic rings. The smallest absolute Gasteiger partial charge is 0.147 e. The first kappa shape index (κ1) is 59.0. The summed E-state index contributed by atoms with van der Waals surface area (Å²) in [6.45, 7) is 12.4. The average Bonchev–Trinajstić information content (AvgIpc) is 3.26. The molecule has 0 spiro atoms. The van der Waals surface area contributed by atoms with Gasteiger partial charge in [-0.15, -0.1) is 0 Å². The highest BCUT2D eigenvalue weighted by Crippen LogP contribution is 2.24. The lowest BCUT2D eigenvalue weighted by molar-refractivity contribution is -0.0956. The highest BCUT2D eigenvalue weighted by Gasteiger charge is 2.18. The molecule has 0 aromatic heterocycles. The molecule has 0 radical (unpaired) electrons. The van der Waals surface area contributed by atoms with Crippen LogP contribution in [0.5, 0.6) is 0 Å². The zero-order valence-electron chi connectivity index (χ0n) is 41.9. The Kier molecular flexibility index (Phi) is 46.0. The van der Waals surface area contributed by atoms with Gasteiger partial charge in [-0.25, -0.2) is 0 Å². The predicted octanol–water partition coefficient (Wildman–Crippen LogP) is 14.8. The van der Waals surface area contributed by atoms with Crippen molar-refractivity contribution in [1.29, 1.82) is 0 Å². The van der Waals surface area contributed by atoms with Gasteiger partial charge in [0.2, 0.25) is 0 Å². The van der Waals surface area contributed by atoms with Gasteiger partial charge < -0.3 is 28.1 Å². The molecular weight excluding hydrogens is 837 g/mol. The lowest BCUT2D eigenvalue weighted by Crippen LogP contribution is -2.35. The normalized spacial score (nSPS) is 19.3. The maximum absolute atomic E-state index is 6.23. The van der Waals surface area contributed by atoms with Gasteiger partial charge in [-0.2, -0.15) is 0 Å². The van der Waals surface area contributed by atoms with E-state index in [1.807, 2.05) is 0 Å². The maximum Gasteiger partial charge on any atom is 0.147 e. The fourth-order valence-electron chi connectivity index (χ4n) is 9.38. The van der Waals surface area contributed by atoms with Crippen LogP contribution >= 0.6 is 21.6 Å². The third kappa shape index (κ3) is 40.0. The molecule has 0 saturated carbocycles. The van der Waals surface area contributed by atoms with Gasteiger partial charge in [-0.3, -0.25) is 0 Å². The van der Waals surface area contributed by atoms with Crippen LogP contribution in [0, 0.1) is 0 Å². The van der Waals surface area contributed by atoms with Gasteiger partial charge in [0.15, 0.2) is 0 Å². The van der Waals surface area contributed by atoms with Crippen molar-refractivity contribution < 1.29 is 18.9 Å². The van der Waals surface area contributed by atoms with Gasteiger partial charge in [0.1, 0.15) is 13.6 Å². The van der Waals surface area contributed by atoms with Crippen LogP contribution in [0.3, 0.4) is 0 Å². The molecule has 2 unspecified atom stereocenters. The van der Waals surface area contributed by atoms with E-state index in [0.717, 1.165) is 13.2 Å². The summed E-state index contributed by atoms with van der Waals surface area (Å²) in [5.41, 5.74) is 0. The molecule has 2 fully saturated rings. The van der Waals surface area contributed by atoms with Crippen LogP contribution in [0.15, 0.2) is 0 Å². The van der Waals surface area contributed by atoms with Crippen LogP contribution in [0.25, 0.3) is 0 Å². The first-order valence-corrected chi connectivity index (χ1v) is 33.6. The van der Waals surface area contributed by atoms with Gasteiger partial charge in [-0.05, 0) is 89.6 Å². The van der Waals surface area contributed by atoms with Crippen LogP contribution in [0.2, 0.25) is 12.1 Å². The first-order valence-electron chi connectivity index (χ1n) is 27.9. The van der Waals surface area contributed by atoms with Crippen LogP contribution in [0.1, 0.15) is 245 Å². The molecule has 0 amide bonds. The zero-order valence-corrected chi connectivity index (χ0v) is 46.3. The SMILES string of the molecule is CCCCCCCCCCCCCCCCOCOC1CCC[SiH2]N(CCCSSCCCN2CCC(OCOCCCCCCCCCCCCCCCC)CCC[SiH2]2)CC1. The summed E-state index contributed by atoms with van der Waals surface area (Å²) in [5, 5.41) is 0. The highest BCUT2D eigenvalue weighted by atomic mass is 33.1. The quantitative estimate of drug-likeness (QED) is 0.0259. The predicted molar refractivity (Wildman–Crippen MR) is 284 cm³/mol. The molecule has 2 aliphatic rings. The third-order valence-electron chi connectivity index (χ3n) is 13.6. The van der Waals surface area contributed by atoms with Crippen molar-refractivity contribution in [2.24, 2.45) is 0 Å². The molecule has 62 heavy (non-hydrogen) atoms. The molecule has 2 atom stereocenters. The van der Waals surface area contributed by atoms with Crippen molar-refractivity contribution in [3.8, 4) is 0 Å². The number of hydrogen-bond acceptors (Lipinski definition) is 8. The van der Waals surface area contributed by atoms with Crippen molar-refractivity contribution in [3.05, 3.63) is 0 Å². The van der Waals surface area contributed by atoms with Gasteiger partial charge in [0.25, 0.3) is 0 Å². The highest BCUT2D eigenvalue weighted by molar-refractivity contribution is 8.76. The van der Waals surface area contributed by atoms with Crippen molar-refractivity contribution in [2.75, 3.05) is 64.5 Å². The second kappa shape index (κ2) is 48.4. The van der Waals surface area contributed by atoms with Gasteiger partial charge in [0, 0.05) is 24.7 Å². The average molecular weight is 946 g/mol. The Labute approximate surface area is 400 Å². The number of nitrogens with zero attached hydrogens (tertiary/aromatic N) is 2. The molecular formula is C52H108N2O4S2Si2. The fourth-order valence-corrected chi connectivity index (χ4v) is 15.1. The standard InChI is InChI=1S/C52H108N2O4S2Si2/c1-3-5-7-9-11-13-15-17-19-21-23-25-27-29-43-55-49-57-51-35-31-47-61-53(41-37-51)39-33-45-59-60-46-34-40-54-42-38-52(36-32-48-62-54)58-50-56-44-30-28-26-24-22-20-18-16-14-12-10-8-6-4-2/h51-52H,3-50,61-62H2,1-2H3. The molecule has 370 valence electrons. The Hall–Kier alpha value is 0.894. The number of unbranched alkanes of at least 4 members (excludes halogenated alkanes) is 26. The van der Waals surface area contributed by atoms with E-state index in [9.17, 15) is 0 Å². The number of hydrogen-bond donors (Lipinski definition) is 0. The van der Waals surface area contributed by atoms with Crippen LogP contribution in [-0.4, -0.2) is 105 Å². The summed E-state index contributed by atoms with van der Waals surface area (Å²) in [4.78, 5) is 0. The van der Waals surface area contributed by atoms with E-state index in [2.05, 4.69) is 44.6 Å². The molecule has 10 heteroatoms. The summed E-state index contributed by atoms with van der Waals surface area (Å²) in [6.07, 6.45) is 50.3. The largest absolute Gasteiger partial charge is 0.355 e. The molecule has 0 N–H and O–H groups in total. The molecule has 2 saturated heterocycles. The molecule has 0 bridgehead atoms. The molecule has 2 rings (SSSR count). The third-order valence-corrected chi connectivity index (χ3v) is 20.3. The molecule has 2 heterocycles. The van der Waals surface area contributed by atoms with E-state index in [4.69, 9.17) is 18.9 Å². The Morgan fingerprint density at radius 2 is 0.726 bits per heavy atom.